The lowest BCUT2D eigenvalue weighted by molar-refractivity contribution is 0.0257. The van der Waals surface area contributed by atoms with Gasteiger partial charge in [-0.1, -0.05) is 39.0 Å². The molecule has 29 heavy (non-hydrogen) atoms. The van der Waals surface area contributed by atoms with Crippen LogP contribution in [0.5, 0.6) is 5.75 Å². The zero-order chi connectivity index (χ0) is 20.8. The van der Waals surface area contributed by atoms with Crippen molar-refractivity contribution in [3.63, 3.8) is 0 Å². The highest BCUT2D eigenvalue weighted by Crippen LogP contribution is 2.34. The molecule has 0 spiro atoms. The number of aromatic nitrogens is 5. The van der Waals surface area contributed by atoms with E-state index in [-0.39, 0.29) is 24.9 Å². The number of anilines is 1. The Morgan fingerprint density at radius 2 is 1.90 bits per heavy atom. The van der Waals surface area contributed by atoms with Crippen LogP contribution in [-0.4, -0.2) is 51.1 Å². The summed E-state index contributed by atoms with van der Waals surface area (Å²) in [5.41, 5.74) is 1.40. The summed E-state index contributed by atoms with van der Waals surface area (Å²) in [6.07, 6.45) is -0.196. The van der Waals surface area contributed by atoms with Gasteiger partial charge in [-0.3, -0.25) is 0 Å². The Morgan fingerprint density at radius 3 is 2.55 bits per heavy atom. The van der Waals surface area contributed by atoms with Crippen LogP contribution in [0.4, 0.5) is 14.6 Å². The Labute approximate surface area is 167 Å². The molecule has 7 nitrogen and oxygen atoms in total. The summed E-state index contributed by atoms with van der Waals surface area (Å²) in [5.74, 6) is -1.02. The summed E-state index contributed by atoms with van der Waals surface area (Å²) >= 11 is 0. The predicted octanol–water partition coefficient (Wildman–Crippen LogP) is 3.42. The van der Waals surface area contributed by atoms with Crippen LogP contribution in [0.3, 0.4) is 0 Å². The normalized spacial score (nSPS) is 16.6. The van der Waals surface area contributed by atoms with Crippen molar-refractivity contribution in [3.8, 4) is 5.75 Å². The molecule has 1 saturated heterocycles. The van der Waals surface area contributed by atoms with Gasteiger partial charge in [-0.05, 0) is 6.07 Å². The SMILES string of the molecule is COc1ccccc1Cn1nc2nc(C(C)(C)C)nc(N3CCC(F)(F)C3)c2n1. The maximum Gasteiger partial charge on any atom is 0.266 e. The van der Waals surface area contributed by atoms with Crippen LogP contribution in [-0.2, 0) is 12.0 Å². The van der Waals surface area contributed by atoms with Crippen LogP contribution in [0.25, 0.3) is 11.2 Å². The largest absolute Gasteiger partial charge is 0.496 e. The Balaban J connectivity index is 1.79. The number of ether oxygens (including phenoxy) is 1. The molecule has 0 amide bonds. The predicted molar refractivity (Wildman–Crippen MR) is 106 cm³/mol. The van der Waals surface area contributed by atoms with Crippen molar-refractivity contribution < 1.29 is 13.5 Å². The summed E-state index contributed by atoms with van der Waals surface area (Å²) in [6, 6.07) is 7.60. The Kier molecular flexibility index (Phi) is 4.63. The molecule has 9 heteroatoms. The molecule has 1 fully saturated rings. The highest BCUT2D eigenvalue weighted by atomic mass is 19.3. The molecule has 0 N–H and O–H groups in total. The topological polar surface area (TPSA) is 69.0 Å². The van der Waals surface area contributed by atoms with Gasteiger partial charge in [-0.15, -0.1) is 10.2 Å². The average Bonchev–Trinajstić information content (AvgIpc) is 3.22. The van der Waals surface area contributed by atoms with Crippen molar-refractivity contribution in [1.82, 2.24) is 25.0 Å². The summed E-state index contributed by atoms with van der Waals surface area (Å²) in [5, 5.41) is 9.05. The maximum absolute atomic E-state index is 13.9. The molecular weight excluding hydrogens is 378 g/mol. The van der Waals surface area contributed by atoms with Gasteiger partial charge in [0.1, 0.15) is 11.6 Å². The quantitative estimate of drug-likeness (QED) is 0.666. The second kappa shape index (κ2) is 6.89. The van der Waals surface area contributed by atoms with E-state index in [0.29, 0.717) is 29.4 Å². The van der Waals surface area contributed by atoms with Crippen molar-refractivity contribution >= 4 is 17.0 Å². The first-order chi connectivity index (χ1) is 13.7. The summed E-state index contributed by atoms with van der Waals surface area (Å²) in [4.78, 5) is 12.3. The summed E-state index contributed by atoms with van der Waals surface area (Å²) in [7, 11) is 1.61. The zero-order valence-electron chi connectivity index (χ0n) is 17.0. The van der Waals surface area contributed by atoms with Crippen molar-refractivity contribution in [1.29, 1.82) is 0 Å². The lowest BCUT2D eigenvalue weighted by atomic mass is 9.96. The average molecular weight is 402 g/mol. The van der Waals surface area contributed by atoms with E-state index in [9.17, 15) is 8.78 Å². The smallest absolute Gasteiger partial charge is 0.266 e. The van der Waals surface area contributed by atoms with Gasteiger partial charge < -0.3 is 9.64 Å². The minimum Gasteiger partial charge on any atom is -0.496 e. The number of halogens is 2. The Bertz CT molecular complexity index is 1040. The molecule has 0 radical (unpaired) electrons. The second-order valence-electron chi connectivity index (χ2n) is 8.36. The molecule has 4 rings (SSSR count). The van der Waals surface area contributed by atoms with E-state index in [2.05, 4.69) is 20.2 Å². The molecule has 0 bridgehead atoms. The van der Waals surface area contributed by atoms with Crippen molar-refractivity contribution in [2.75, 3.05) is 25.1 Å². The molecule has 3 aromatic rings. The number of benzene rings is 1. The van der Waals surface area contributed by atoms with Crippen LogP contribution in [0.2, 0.25) is 0 Å². The summed E-state index contributed by atoms with van der Waals surface area (Å²) < 4.78 is 33.1. The number of alkyl halides is 2. The molecule has 0 saturated carbocycles. The maximum atomic E-state index is 13.9. The minimum absolute atomic E-state index is 0.196. The number of rotatable bonds is 4. The zero-order valence-corrected chi connectivity index (χ0v) is 17.0. The first-order valence-corrected chi connectivity index (χ1v) is 9.54. The lowest BCUT2D eigenvalue weighted by Gasteiger charge is -2.21. The van der Waals surface area contributed by atoms with Crippen molar-refractivity contribution in [3.05, 3.63) is 35.7 Å². The van der Waals surface area contributed by atoms with E-state index in [1.54, 1.807) is 12.0 Å². The third-order valence-corrected chi connectivity index (χ3v) is 4.92. The first-order valence-electron chi connectivity index (χ1n) is 9.54. The Morgan fingerprint density at radius 1 is 1.14 bits per heavy atom. The van der Waals surface area contributed by atoms with Crippen LogP contribution in [0.1, 0.15) is 38.6 Å². The van der Waals surface area contributed by atoms with Gasteiger partial charge in [0.2, 0.25) is 5.65 Å². The van der Waals surface area contributed by atoms with Crippen LogP contribution >= 0.6 is 0 Å². The van der Waals surface area contributed by atoms with E-state index in [1.807, 2.05) is 45.0 Å². The molecule has 1 aliphatic rings. The number of methoxy groups -OCH3 is 1. The third kappa shape index (κ3) is 3.86. The van der Waals surface area contributed by atoms with Gasteiger partial charge >= 0.3 is 0 Å². The van der Waals surface area contributed by atoms with E-state index >= 15 is 0 Å². The molecular formula is C20H24F2N6O. The fraction of sp³-hybridized carbons (Fsp3) is 0.500. The monoisotopic (exact) mass is 402 g/mol. The Hall–Kier alpha value is -2.84. The van der Waals surface area contributed by atoms with E-state index in [0.717, 1.165) is 11.3 Å². The fourth-order valence-electron chi connectivity index (χ4n) is 3.37. The molecule has 1 aromatic carbocycles. The van der Waals surface area contributed by atoms with Gasteiger partial charge in [0, 0.05) is 23.9 Å². The van der Waals surface area contributed by atoms with Crippen molar-refractivity contribution in [2.45, 2.75) is 45.1 Å². The molecule has 0 atom stereocenters. The standard InChI is InChI=1S/C20H24F2N6O/c1-19(2,3)18-23-16-15(17(24-18)27-10-9-20(21,22)12-27)25-28(26-16)11-13-7-5-6-8-14(13)29-4/h5-8H,9-12H2,1-4H3. The number of hydrogen-bond donors (Lipinski definition) is 0. The molecule has 0 aliphatic carbocycles. The van der Waals surface area contributed by atoms with E-state index in [1.165, 1.54) is 4.80 Å². The number of fused-ring (bicyclic) bond motifs is 1. The molecule has 3 heterocycles. The first kappa shape index (κ1) is 19.5. The van der Waals surface area contributed by atoms with Gasteiger partial charge in [0.25, 0.3) is 5.92 Å². The van der Waals surface area contributed by atoms with Gasteiger partial charge in [0.05, 0.1) is 20.2 Å². The molecule has 2 aromatic heterocycles. The molecule has 154 valence electrons. The van der Waals surface area contributed by atoms with Crippen LogP contribution < -0.4 is 9.64 Å². The van der Waals surface area contributed by atoms with Gasteiger partial charge in [-0.25, -0.2) is 18.7 Å². The fourth-order valence-corrected chi connectivity index (χ4v) is 3.37. The van der Waals surface area contributed by atoms with E-state index in [4.69, 9.17) is 4.74 Å². The highest BCUT2D eigenvalue weighted by Gasteiger charge is 2.40. The lowest BCUT2D eigenvalue weighted by Crippen LogP contribution is -2.27. The minimum atomic E-state index is -2.73. The second-order valence-corrected chi connectivity index (χ2v) is 8.36. The summed E-state index contributed by atoms with van der Waals surface area (Å²) in [6.45, 7) is 6.17. The van der Waals surface area contributed by atoms with Crippen LogP contribution in [0, 0.1) is 0 Å². The van der Waals surface area contributed by atoms with E-state index < -0.39 is 5.92 Å². The third-order valence-electron chi connectivity index (χ3n) is 4.92. The highest BCUT2D eigenvalue weighted by molar-refractivity contribution is 5.82. The molecule has 0 unspecified atom stereocenters. The molecule has 1 aliphatic heterocycles. The van der Waals surface area contributed by atoms with Gasteiger partial charge in [-0.2, -0.15) is 4.80 Å². The van der Waals surface area contributed by atoms with Crippen molar-refractivity contribution in [2.24, 2.45) is 0 Å². The number of hydrogen-bond acceptors (Lipinski definition) is 6. The van der Waals surface area contributed by atoms with Gasteiger partial charge in [0.15, 0.2) is 11.3 Å². The number of para-hydroxylation sites is 1. The van der Waals surface area contributed by atoms with Crippen LogP contribution in [0.15, 0.2) is 24.3 Å². The number of nitrogens with zero attached hydrogens (tertiary/aromatic N) is 6.